The van der Waals surface area contributed by atoms with E-state index in [9.17, 15) is 0 Å². The smallest absolute Gasteiger partial charge is 0.226 e. The second-order valence-electron chi connectivity index (χ2n) is 3.63. The normalized spacial score (nSPS) is 10.1. The lowest BCUT2D eigenvalue weighted by molar-refractivity contribution is 0.372. The molecule has 0 aliphatic rings. The lowest BCUT2D eigenvalue weighted by Crippen LogP contribution is -2.37. The molecule has 17 heavy (non-hydrogen) atoms. The maximum absolute atomic E-state index is 5.03. The van der Waals surface area contributed by atoms with E-state index in [2.05, 4.69) is 25.8 Å². The van der Waals surface area contributed by atoms with Crippen LogP contribution in [0.5, 0.6) is 0 Å². The fourth-order valence-corrected chi connectivity index (χ4v) is 1.37. The summed E-state index contributed by atoms with van der Waals surface area (Å²) in [6.45, 7) is 8.40. The van der Waals surface area contributed by atoms with Gasteiger partial charge in [0.05, 0.1) is 0 Å². The van der Waals surface area contributed by atoms with Gasteiger partial charge in [-0.2, -0.15) is 4.98 Å². The maximum atomic E-state index is 5.03. The van der Waals surface area contributed by atoms with Crippen molar-refractivity contribution < 1.29 is 4.52 Å². The van der Waals surface area contributed by atoms with Crippen molar-refractivity contribution in [2.24, 2.45) is 4.99 Å². The summed E-state index contributed by atoms with van der Waals surface area (Å²) in [6, 6.07) is 0. The largest absolute Gasteiger partial charge is 0.357 e. The molecule has 0 aliphatic heterocycles. The van der Waals surface area contributed by atoms with Gasteiger partial charge >= 0.3 is 0 Å². The number of hydrogen-bond acceptors (Lipinski definition) is 4. The van der Waals surface area contributed by atoms with E-state index in [1.807, 2.05) is 20.8 Å². The van der Waals surface area contributed by atoms with Crippen LogP contribution in [0, 0.1) is 6.92 Å². The van der Waals surface area contributed by atoms with Gasteiger partial charge < -0.3 is 15.2 Å². The first kappa shape index (κ1) is 13.5. The Hall–Kier alpha value is -1.59. The van der Waals surface area contributed by atoms with E-state index in [0.717, 1.165) is 38.4 Å². The zero-order valence-corrected chi connectivity index (χ0v) is 10.8. The van der Waals surface area contributed by atoms with Crippen LogP contribution in [0.2, 0.25) is 0 Å². The molecule has 0 saturated heterocycles. The molecule has 0 unspecified atom stereocenters. The summed E-state index contributed by atoms with van der Waals surface area (Å²) in [4.78, 5) is 8.57. The van der Waals surface area contributed by atoms with Crippen molar-refractivity contribution in [3.8, 4) is 0 Å². The molecule has 0 aliphatic carbocycles. The van der Waals surface area contributed by atoms with Gasteiger partial charge in [-0.25, -0.2) is 0 Å². The Kier molecular flexibility index (Phi) is 6.06. The standard InChI is InChI=1S/C11H21N5O/c1-4-12-11(13-5-2)14-8-6-7-10-15-9(3)16-17-10/h4-8H2,1-3H3,(H2,12,13,14). The highest BCUT2D eigenvalue weighted by atomic mass is 16.5. The van der Waals surface area contributed by atoms with Crippen LogP contribution in [0.25, 0.3) is 0 Å². The average Bonchev–Trinajstić information content (AvgIpc) is 2.71. The van der Waals surface area contributed by atoms with E-state index in [4.69, 9.17) is 4.52 Å². The molecule has 0 fully saturated rings. The molecule has 0 bridgehead atoms. The van der Waals surface area contributed by atoms with Crippen molar-refractivity contribution >= 4 is 5.96 Å². The van der Waals surface area contributed by atoms with Crippen molar-refractivity contribution in [1.29, 1.82) is 0 Å². The molecule has 96 valence electrons. The lowest BCUT2D eigenvalue weighted by atomic mass is 10.3. The third kappa shape index (κ3) is 5.33. The number of nitrogens with zero attached hydrogens (tertiary/aromatic N) is 3. The summed E-state index contributed by atoms with van der Waals surface area (Å²) in [7, 11) is 0. The average molecular weight is 239 g/mol. The van der Waals surface area contributed by atoms with Crippen molar-refractivity contribution in [2.75, 3.05) is 19.6 Å². The molecule has 1 aromatic heterocycles. The summed E-state index contributed by atoms with van der Waals surface area (Å²) >= 11 is 0. The van der Waals surface area contributed by atoms with E-state index in [-0.39, 0.29) is 0 Å². The molecular weight excluding hydrogens is 218 g/mol. The van der Waals surface area contributed by atoms with Crippen molar-refractivity contribution in [1.82, 2.24) is 20.8 Å². The predicted octanol–water partition coefficient (Wildman–Crippen LogP) is 0.886. The zero-order chi connectivity index (χ0) is 12.5. The van der Waals surface area contributed by atoms with Crippen LogP contribution in [0.15, 0.2) is 9.52 Å². The molecule has 6 heteroatoms. The van der Waals surface area contributed by atoms with Gasteiger partial charge in [-0.1, -0.05) is 5.16 Å². The third-order valence-corrected chi connectivity index (χ3v) is 2.08. The van der Waals surface area contributed by atoms with Crippen molar-refractivity contribution in [2.45, 2.75) is 33.6 Å². The number of aryl methyl sites for hydroxylation is 2. The molecule has 1 aromatic rings. The van der Waals surface area contributed by atoms with E-state index >= 15 is 0 Å². The Morgan fingerprint density at radius 2 is 2.00 bits per heavy atom. The molecule has 0 aromatic carbocycles. The van der Waals surface area contributed by atoms with Gasteiger partial charge in [-0.3, -0.25) is 4.99 Å². The predicted molar refractivity (Wildman–Crippen MR) is 67.0 cm³/mol. The highest BCUT2D eigenvalue weighted by Gasteiger charge is 2.01. The highest BCUT2D eigenvalue weighted by molar-refractivity contribution is 5.79. The van der Waals surface area contributed by atoms with E-state index in [1.165, 1.54) is 0 Å². The number of hydrogen-bond donors (Lipinski definition) is 2. The first-order valence-electron chi connectivity index (χ1n) is 6.07. The minimum Gasteiger partial charge on any atom is -0.357 e. The van der Waals surface area contributed by atoms with Crippen LogP contribution in [0.4, 0.5) is 0 Å². The number of aromatic nitrogens is 2. The SMILES string of the molecule is CCNC(=NCCCc1nc(C)no1)NCC. The Balaban J connectivity index is 2.27. The zero-order valence-electron chi connectivity index (χ0n) is 10.8. The van der Waals surface area contributed by atoms with Gasteiger partial charge in [-0.05, 0) is 27.2 Å². The minimum absolute atomic E-state index is 0.685. The highest BCUT2D eigenvalue weighted by Crippen LogP contribution is 1.99. The van der Waals surface area contributed by atoms with Crippen LogP contribution >= 0.6 is 0 Å². The molecule has 0 saturated carbocycles. The Morgan fingerprint density at radius 1 is 1.29 bits per heavy atom. The summed E-state index contributed by atoms with van der Waals surface area (Å²) in [6.07, 6.45) is 1.68. The van der Waals surface area contributed by atoms with E-state index in [1.54, 1.807) is 0 Å². The van der Waals surface area contributed by atoms with Gasteiger partial charge in [0.25, 0.3) is 0 Å². The van der Waals surface area contributed by atoms with Crippen LogP contribution in [-0.2, 0) is 6.42 Å². The molecule has 1 rings (SSSR count). The second-order valence-corrected chi connectivity index (χ2v) is 3.63. The summed E-state index contributed by atoms with van der Waals surface area (Å²) in [5.41, 5.74) is 0. The number of guanidine groups is 1. The molecule has 0 spiro atoms. The maximum Gasteiger partial charge on any atom is 0.226 e. The van der Waals surface area contributed by atoms with Gasteiger partial charge in [0, 0.05) is 26.1 Å². The van der Waals surface area contributed by atoms with E-state index < -0.39 is 0 Å². The van der Waals surface area contributed by atoms with Crippen LogP contribution in [0.3, 0.4) is 0 Å². The molecular formula is C11H21N5O. The third-order valence-electron chi connectivity index (χ3n) is 2.08. The van der Waals surface area contributed by atoms with E-state index in [0.29, 0.717) is 11.7 Å². The molecule has 0 atom stereocenters. The van der Waals surface area contributed by atoms with Gasteiger partial charge in [0.2, 0.25) is 5.89 Å². The van der Waals surface area contributed by atoms with Gasteiger partial charge in [0.1, 0.15) is 0 Å². The Labute approximate surface area is 102 Å². The molecule has 1 heterocycles. The monoisotopic (exact) mass is 239 g/mol. The topological polar surface area (TPSA) is 75.3 Å². The lowest BCUT2D eigenvalue weighted by Gasteiger charge is -2.08. The fourth-order valence-electron chi connectivity index (χ4n) is 1.37. The summed E-state index contributed by atoms with van der Waals surface area (Å²) < 4.78 is 5.03. The Bertz CT molecular complexity index is 339. The first-order valence-corrected chi connectivity index (χ1v) is 6.07. The number of aliphatic imine (C=N–C) groups is 1. The molecule has 2 N–H and O–H groups in total. The molecule has 6 nitrogen and oxygen atoms in total. The minimum atomic E-state index is 0.685. The summed E-state index contributed by atoms with van der Waals surface area (Å²) in [5, 5.41) is 10.1. The van der Waals surface area contributed by atoms with Gasteiger partial charge in [-0.15, -0.1) is 0 Å². The molecule has 0 radical (unpaired) electrons. The summed E-state index contributed by atoms with van der Waals surface area (Å²) in [5.74, 6) is 2.23. The van der Waals surface area contributed by atoms with Crippen LogP contribution in [0.1, 0.15) is 32.0 Å². The van der Waals surface area contributed by atoms with Crippen molar-refractivity contribution in [3.05, 3.63) is 11.7 Å². The quantitative estimate of drug-likeness (QED) is 0.438. The number of nitrogens with one attached hydrogen (secondary N) is 2. The number of rotatable bonds is 6. The fraction of sp³-hybridized carbons (Fsp3) is 0.727. The Morgan fingerprint density at radius 3 is 2.53 bits per heavy atom. The van der Waals surface area contributed by atoms with Gasteiger partial charge in [0.15, 0.2) is 11.8 Å². The second kappa shape index (κ2) is 7.65. The van der Waals surface area contributed by atoms with Crippen LogP contribution < -0.4 is 10.6 Å². The first-order chi connectivity index (χ1) is 8.26. The van der Waals surface area contributed by atoms with Crippen LogP contribution in [-0.4, -0.2) is 35.7 Å². The molecule has 0 amide bonds. The van der Waals surface area contributed by atoms with Crippen molar-refractivity contribution in [3.63, 3.8) is 0 Å².